The third-order valence-corrected chi connectivity index (χ3v) is 3.21. The van der Waals surface area contributed by atoms with E-state index in [-0.39, 0.29) is 5.91 Å². The van der Waals surface area contributed by atoms with E-state index in [4.69, 9.17) is 5.73 Å². The van der Waals surface area contributed by atoms with E-state index in [9.17, 15) is 14.7 Å². The Morgan fingerprint density at radius 2 is 2.00 bits per heavy atom. The zero-order valence-corrected chi connectivity index (χ0v) is 10.2. The highest BCUT2D eigenvalue weighted by Gasteiger charge is 2.35. The minimum Gasteiger partial charge on any atom is -0.480 e. The summed E-state index contributed by atoms with van der Waals surface area (Å²) in [6.07, 6.45) is 0.337. The number of rotatable bonds is 2. The SMILES string of the molecule is C[C@H](N)C(=O)N1Cc2ccccc2CC1C(=O)O. The Balaban J connectivity index is 2.34. The number of carbonyl (C=O) groups is 2. The summed E-state index contributed by atoms with van der Waals surface area (Å²) in [6.45, 7) is 1.88. The molecule has 96 valence electrons. The smallest absolute Gasteiger partial charge is 0.326 e. The fourth-order valence-electron chi connectivity index (χ4n) is 2.24. The van der Waals surface area contributed by atoms with Crippen molar-refractivity contribution in [2.24, 2.45) is 5.73 Å². The third-order valence-electron chi connectivity index (χ3n) is 3.21. The van der Waals surface area contributed by atoms with Crippen LogP contribution in [-0.4, -0.2) is 34.0 Å². The molecule has 0 aromatic heterocycles. The van der Waals surface area contributed by atoms with Crippen LogP contribution in [0.15, 0.2) is 24.3 Å². The van der Waals surface area contributed by atoms with E-state index < -0.39 is 18.1 Å². The van der Waals surface area contributed by atoms with Gasteiger partial charge in [0.25, 0.3) is 0 Å². The van der Waals surface area contributed by atoms with Crippen molar-refractivity contribution in [3.05, 3.63) is 35.4 Å². The second-order valence-corrected chi connectivity index (χ2v) is 4.58. The van der Waals surface area contributed by atoms with Gasteiger partial charge in [0.15, 0.2) is 0 Å². The molecule has 0 spiro atoms. The van der Waals surface area contributed by atoms with Gasteiger partial charge in [-0.2, -0.15) is 0 Å². The van der Waals surface area contributed by atoms with Gasteiger partial charge >= 0.3 is 5.97 Å². The van der Waals surface area contributed by atoms with Crippen LogP contribution in [0.4, 0.5) is 0 Å². The molecule has 18 heavy (non-hydrogen) atoms. The van der Waals surface area contributed by atoms with E-state index in [0.717, 1.165) is 11.1 Å². The monoisotopic (exact) mass is 248 g/mol. The Hall–Kier alpha value is -1.88. The van der Waals surface area contributed by atoms with Crippen LogP contribution >= 0.6 is 0 Å². The molecule has 0 saturated carbocycles. The molecule has 3 N–H and O–H groups in total. The first-order valence-electron chi connectivity index (χ1n) is 5.86. The highest BCUT2D eigenvalue weighted by Crippen LogP contribution is 2.23. The topological polar surface area (TPSA) is 83.6 Å². The number of aliphatic carboxylic acids is 1. The summed E-state index contributed by atoms with van der Waals surface area (Å²) in [5, 5.41) is 9.23. The van der Waals surface area contributed by atoms with Gasteiger partial charge in [-0.3, -0.25) is 4.79 Å². The van der Waals surface area contributed by atoms with Crippen molar-refractivity contribution in [1.82, 2.24) is 4.90 Å². The molecule has 1 aromatic rings. The van der Waals surface area contributed by atoms with Gasteiger partial charge in [-0.15, -0.1) is 0 Å². The first-order chi connectivity index (χ1) is 8.50. The summed E-state index contributed by atoms with van der Waals surface area (Å²) in [7, 11) is 0. The molecule has 1 aromatic carbocycles. The Morgan fingerprint density at radius 1 is 1.39 bits per heavy atom. The number of nitrogens with zero attached hydrogens (tertiary/aromatic N) is 1. The van der Waals surface area contributed by atoms with Gasteiger partial charge in [0.05, 0.1) is 6.04 Å². The molecule has 0 saturated heterocycles. The summed E-state index contributed by atoms with van der Waals surface area (Å²) in [5.41, 5.74) is 7.54. The molecule has 0 radical (unpaired) electrons. The highest BCUT2D eigenvalue weighted by molar-refractivity contribution is 5.87. The molecular formula is C13H16N2O3. The predicted octanol–water partition coefficient (Wildman–Crippen LogP) is 0.372. The molecule has 1 aliphatic rings. The van der Waals surface area contributed by atoms with Crippen molar-refractivity contribution in [1.29, 1.82) is 0 Å². The number of carboxylic acid groups (broad SMARTS) is 1. The molecule has 1 amide bonds. The zero-order valence-electron chi connectivity index (χ0n) is 10.2. The van der Waals surface area contributed by atoms with Crippen molar-refractivity contribution < 1.29 is 14.7 Å². The normalized spacial score (nSPS) is 20.1. The molecule has 5 nitrogen and oxygen atoms in total. The first-order valence-corrected chi connectivity index (χ1v) is 5.86. The van der Waals surface area contributed by atoms with Gasteiger partial charge in [-0.1, -0.05) is 24.3 Å². The molecule has 2 atom stereocenters. The van der Waals surface area contributed by atoms with Crippen LogP contribution in [0.2, 0.25) is 0 Å². The second kappa shape index (κ2) is 4.78. The van der Waals surface area contributed by atoms with Gasteiger partial charge in [-0.05, 0) is 18.1 Å². The number of nitrogens with two attached hydrogens (primary N) is 1. The molecule has 2 rings (SSSR count). The van der Waals surface area contributed by atoms with Gasteiger partial charge < -0.3 is 15.7 Å². The van der Waals surface area contributed by atoms with Crippen LogP contribution in [0.1, 0.15) is 18.1 Å². The zero-order chi connectivity index (χ0) is 13.3. The van der Waals surface area contributed by atoms with Crippen LogP contribution < -0.4 is 5.73 Å². The summed E-state index contributed by atoms with van der Waals surface area (Å²) in [5.74, 6) is -1.31. The minimum absolute atomic E-state index is 0.313. The lowest BCUT2D eigenvalue weighted by Crippen LogP contribution is -2.53. The van der Waals surface area contributed by atoms with Gasteiger partial charge in [0, 0.05) is 13.0 Å². The number of amides is 1. The lowest BCUT2D eigenvalue weighted by Gasteiger charge is -2.35. The van der Waals surface area contributed by atoms with Crippen LogP contribution in [0.5, 0.6) is 0 Å². The average Bonchev–Trinajstić information content (AvgIpc) is 2.36. The van der Waals surface area contributed by atoms with Crippen molar-refractivity contribution in [3.63, 3.8) is 0 Å². The van der Waals surface area contributed by atoms with E-state index in [2.05, 4.69) is 0 Å². The van der Waals surface area contributed by atoms with Crippen LogP contribution in [0.25, 0.3) is 0 Å². The summed E-state index contributed by atoms with van der Waals surface area (Å²) >= 11 is 0. The lowest BCUT2D eigenvalue weighted by atomic mass is 9.93. The van der Waals surface area contributed by atoms with Gasteiger partial charge in [0.2, 0.25) is 5.91 Å². The largest absolute Gasteiger partial charge is 0.480 e. The standard InChI is InChI=1S/C13H16N2O3/c1-8(14)12(16)15-7-10-5-3-2-4-9(10)6-11(15)13(17)18/h2-5,8,11H,6-7,14H2,1H3,(H,17,18)/t8-,11?/m0/s1. The maximum Gasteiger partial charge on any atom is 0.326 e. The first kappa shape index (κ1) is 12.6. The molecule has 5 heteroatoms. The van der Waals surface area contributed by atoms with Crippen molar-refractivity contribution in [2.45, 2.75) is 32.0 Å². The Morgan fingerprint density at radius 3 is 2.56 bits per heavy atom. The van der Waals surface area contributed by atoms with Gasteiger partial charge in [-0.25, -0.2) is 4.79 Å². The van der Waals surface area contributed by atoms with Crippen LogP contribution in [-0.2, 0) is 22.6 Å². The Bertz CT molecular complexity index is 485. The second-order valence-electron chi connectivity index (χ2n) is 4.58. The molecule has 0 bridgehead atoms. The Labute approximate surface area is 105 Å². The molecule has 0 fully saturated rings. The molecule has 1 aliphatic heterocycles. The van der Waals surface area contributed by atoms with E-state index in [1.807, 2.05) is 24.3 Å². The Kier molecular flexibility index (Phi) is 3.34. The molecule has 0 aliphatic carbocycles. The maximum atomic E-state index is 12.0. The fourth-order valence-corrected chi connectivity index (χ4v) is 2.24. The lowest BCUT2D eigenvalue weighted by molar-refractivity contribution is -0.151. The number of benzene rings is 1. The number of fused-ring (bicyclic) bond motifs is 1. The predicted molar refractivity (Wildman–Crippen MR) is 65.8 cm³/mol. The number of hydrogen-bond donors (Lipinski definition) is 2. The molecule has 1 unspecified atom stereocenters. The van der Waals surface area contributed by atoms with E-state index in [0.29, 0.717) is 13.0 Å². The van der Waals surface area contributed by atoms with E-state index >= 15 is 0 Å². The maximum absolute atomic E-state index is 12.0. The van der Waals surface area contributed by atoms with Crippen molar-refractivity contribution in [2.75, 3.05) is 0 Å². The molecule has 1 heterocycles. The third kappa shape index (κ3) is 2.22. The average molecular weight is 248 g/mol. The summed E-state index contributed by atoms with van der Waals surface area (Å²) < 4.78 is 0. The van der Waals surface area contributed by atoms with Crippen molar-refractivity contribution >= 4 is 11.9 Å². The summed E-state index contributed by atoms with van der Waals surface area (Å²) in [6, 6.07) is 6.07. The summed E-state index contributed by atoms with van der Waals surface area (Å²) in [4.78, 5) is 24.6. The quantitative estimate of drug-likeness (QED) is 0.792. The van der Waals surface area contributed by atoms with Gasteiger partial charge in [0.1, 0.15) is 6.04 Å². The molecular weight excluding hydrogens is 232 g/mol. The van der Waals surface area contributed by atoms with E-state index in [1.54, 1.807) is 6.92 Å². The fraction of sp³-hybridized carbons (Fsp3) is 0.385. The van der Waals surface area contributed by atoms with Crippen LogP contribution in [0, 0.1) is 0 Å². The number of carboxylic acids is 1. The van der Waals surface area contributed by atoms with Crippen LogP contribution in [0.3, 0.4) is 0 Å². The highest BCUT2D eigenvalue weighted by atomic mass is 16.4. The van der Waals surface area contributed by atoms with Crippen molar-refractivity contribution in [3.8, 4) is 0 Å². The number of carbonyl (C=O) groups excluding carboxylic acids is 1. The number of hydrogen-bond acceptors (Lipinski definition) is 3. The van der Waals surface area contributed by atoms with E-state index in [1.165, 1.54) is 4.90 Å². The minimum atomic E-state index is -0.987.